The number of likely N-dealkylation sites (tertiary alicyclic amines) is 1. The number of amides is 1. The van der Waals surface area contributed by atoms with E-state index in [2.05, 4.69) is 34.1 Å². The van der Waals surface area contributed by atoms with Crippen LogP contribution in [-0.4, -0.2) is 102 Å². The molecule has 2 aromatic rings. The van der Waals surface area contributed by atoms with Gasteiger partial charge in [0.2, 0.25) is 15.9 Å². The molecular formula is C29H41IN4O5S. The Morgan fingerprint density at radius 2 is 1.80 bits per heavy atom. The largest absolute Gasteiger partial charge is 0.497 e. The van der Waals surface area contributed by atoms with Crippen molar-refractivity contribution >= 4 is 44.2 Å². The molecule has 2 aromatic carbocycles. The molecule has 2 fully saturated rings. The van der Waals surface area contributed by atoms with Crippen LogP contribution in [0.5, 0.6) is 5.75 Å². The van der Waals surface area contributed by atoms with E-state index in [9.17, 15) is 13.2 Å². The quantitative estimate of drug-likeness (QED) is 0.250. The Morgan fingerprint density at radius 1 is 1.10 bits per heavy atom. The SMILES string of the molecule is COc1cc(C)c(S(=O)(=O)N(C)CCOCC(=O)N(C)Cc2ccc(N3CCC(N4CCCC4)C3)cc2)c(I)c1. The van der Waals surface area contributed by atoms with Gasteiger partial charge in [0.25, 0.3) is 0 Å². The first-order valence-corrected chi connectivity index (χ1v) is 16.3. The van der Waals surface area contributed by atoms with Gasteiger partial charge in [-0.15, -0.1) is 0 Å². The van der Waals surface area contributed by atoms with Crippen molar-refractivity contribution in [3.63, 3.8) is 0 Å². The average molecular weight is 685 g/mol. The molecule has 9 nitrogen and oxygen atoms in total. The summed E-state index contributed by atoms with van der Waals surface area (Å²) in [4.78, 5) is 19.6. The van der Waals surface area contributed by atoms with Crippen LogP contribution in [0.3, 0.4) is 0 Å². The van der Waals surface area contributed by atoms with Gasteiger partial charge in [-0.1, -0.05) is 12.1 Å². The number of nitrogens with zero attached hydrogens (tertiary/aromatic N) is 4. The Balaban J connectivity index is 1.20. The van der Waals surface area contributed by atoms with E-state index in [1.807, 2.05) is 22.6 Å². The predicted octanol–water partition coefficient (Wildman–Crippen LogP) is 3.58. The molecule has 2 aliphatic heterocycles. The molecule has 1 amide bonds. The number of hydrogen-bond acceptors (Lipinski definition) is 7. The number of aryl methyl sites for hydroxylation is 1. The van der Waals surface area contributed by atoms with Crippen LogP contribution in [0.2, 0.25) is 0 Å². The lowest BCUT2D eigenvalue weighted by molar-refractivity contribution is -0.135. The molecule has 2 saturated heterocycles. The highest BCUT2D eigenvalue weighted by atomic mass is 127. The minimum Gasteiger partial charge on any atom is -0.497 e. The van der Waals surface area contributed by atoms with Crippen molar-refractivity contribution in [2.75, 3.05) is 72.0 Å². The van der Waals surface area contributed by atoms with Crippen LogP contribution < -0.4 is 9.64 Å². The van der Waals surface area contributed by atoms with E-state index in [0.717, 1.165) is 18.7 Å². The average Bonchev–Trinajstić information content (AvgIpc) is 3.63. The van der Waals surface area contributed by atoms with Crippen molar-refractivity contribution in [2.24, 2.45) is 0 Å². The molecule has 2 heterocycles. The minimum absolute atomic E-state index is 0.104. The second kappa shape index (κ2) is 13.8. The summed E-state index contributed by atoms with van der Waals surface area (Å²) in [5, 5.41) is 0. The van der Waals surface area contributed by atoms with Crippen LogP contribution in [0.1, 0.15) is 30.4 Å². The first-order chi connectivity index (χ1) is 19.1. The molecule has 0 radical (unpaired) electrons. The molecule has 0 bridgehead atoms. The van der Waals surface area contributed by atoms with E-state index in [4.69, 9.17) is 9.47 Å². The van der Waals surface area contributed by atoms with Crippen molar-refractivity contribution in [3.8, 4) is 5.75 Å². The van der Waals surface area contributed by atoms with Crippen molar-refractivity contribution in [3.05, 3.63) is 51.1 Å². The summed E-state index contributed by atoms with van der Waals surface area (Å²) in [6, 6.07) is 12.6. The van der Waals surface area contributed by atoms with Crippen LogP contribution in [-0.2, 0) is 26.1 Å². The third-order valence-corrected chi connectivity index (χ3v) is 11.1. The van der Waals surface area contributed by atoms with Gasteiger partial charge in [-0.05, 0) is 97.3 Å². The van der Waals surface area contributed by atoms with Gasteiger partial charge < -0.3 is 19.3 Å². The molecule has 4 rings (SSSR count). The fourth-order valence-electron chi connectivity index (χ4n) is 5.44. The Kier molecular flexibility index (Phi) is 10.7. The van der Waals surface area contributed by atoms with Gasteiger partial charge in [-0.25, -0.2) is 8.42 Å². The van der Waals surface area contributed by atoms with E-state index in [0.29, 0.717) is 27.5 Å². The number of carbonyl (C=O) groups excluding carboxylic acids is 1. The number of halogens is 1. The summed E-state index contributed by atoms with van der Waals surface area (Å²) < 4.78 is 38.9. The molecular weight excluding hydrogens is 643 g/mol. The number of anilines is 1. The molecule has 40 heavy (non-hydrogen) atoms. The Labute approximate surface area is 252 Å². The summed E-state index contributed by atoms with van der Waals surface area (Å²) >= 11 is 2.01. The lowest BCUT2D eigenvalue weighted by atomic mass is 10.2. The van der Waals surface area contributed by atoms with E-state index in [-0.39, 0.29) is 30.6 Å². The highest BCUT2D eigenvalue weighted by molar-refractivity contribution is 14.1. The second-order valence-corrected chi connectivity index (χ2v) is 13.8. The van der Waals surface area contributed by atoms with Crippen molar-refractivity contribution in [1.29, 1.82) is 0 Å². The van der Waals surface area contributed by atoms with Crippen molar-refractivity contribution in [2.45, 2.75) is 43.7 Å². The monoisotopic (exact) mass is 684 g/mol. The number of likely N-dealkylation sites (N-methyl/N-ethyl adjacent to an activating group) is 2. The Bertz CT molecular complexity index is 1240. The highest BCUT2D eigenvalue weighted by Gasteiger charge is 2.29. The normalized spacial score (nSPS) is 18.1. The van der Waals surface area contributed by atoms with Crippen LogP contribution in [0.4, 0.5) is 5.69 Å². The molecule has 220 valence electrons. The van der Waals surface area contributed by atoms with Gasteiger partial charge in [0, 0.05) is 55.6 Å². The molecule has 0 aromatic heterocycles. The predicted molar refractivity (Wildman–Crippen MR) is 165 cm³/mol. The zero-order valence-corrected chi connectivity index (χ0v) is 26.9. The van der Waals surface area contributed by atoms with E-state index in [1.54, 1.807) is 38.1 Å². The number of hydrogen-bond donors (Lipinski definition) is 0. The number of sulfonamides is 1. The van der Waals surface area contributed by atoms with E-state index in [1.165, 1.54) is 49.4 Å². The highest BCUT2D eigenvalue weighted by Crippen LogP contribution is 2.29. The molecule has 1 atom stereocenters. The zero-order valence-electron chi connectivity index (χ0n) is 23.9. The van der Waals surface area contributed by atoms with Crippen LogP contribution >= 0.6 is 22.6 Å². The third-order valence-electron chi connectivity index (χ3n) is 7.85. The molecule has 2 aliphatic rings. The summed E-state index contributed by atoms with van der Waals surface area (Å²) in [6.45, 7) is 7.04. The minimum atomic E-state index is -3.71. The van der Waals surface area contributed by atoms with Gasteiger partial charge in [-0.2, -0.15) is 4.31 Å². The van der Waals surface area contributed by atoms with Crippen LogP contribution in [0.25, 0.3) is 0 Å². The summed E-state index contributed by atoms with van der Waals surface area (Å²) in [6.07, 6.45) is 3.87. The fraction of sp³-hybridized carbons (Fsp3) is 0.552. The van der Waals surface area contributed by atoms with Crippen molar-refractivity contribution in [1.82, 2.24) is 14.1 Å². The smallest absolute Gasteiger partial charge is 0.248 e. The van der Waals surface area contributed by atoms with Gasteiger partial charge in [0.15, 0.2) is 0 Å². The molecule has 0 saturated carbocycles. The fourth-order valence-corrected chi connectivity index (χ4v) is 8.40. The topological polar surface area (TPSA) is 82.6 Å². The number of benzene rings is 2. The lowest BCUT2D eigenvalue weighted by Gasteiger charge is -2.24. The number of rotatable bonds is 12. The maximum absolute atomic E-state index is 13.1. The summed E-state index contributed by atoms with van der Waals surface area (Å²) in [7, 11) is 1.11. The van der Waals surface area contributed by atoms with E-state index >= 15 is 0 Å². The maximum atomic E-state index is 13.1. The Morgan fingerprint density at radius 3 is 2.45 bits per heavy atom. The first-order valence-electron chi connectivity index (χ1n) is 13.8. The standard InChI is InChI=1S/C29H41IN4O5S/c1-22-17-26(38-4)18-27(30)29(22)40(36,37)32(3)15-16-39-21-28(35)31(2)19-23-7-9-24(10-8-23)34-14-11-25(20-34)33-12-5-6-13-33/h7-10,17-18,25H,5-6,11-16,19-21H2,1-4H3. The van der Waals surface area contributed by atoms with Gasteiger partial charge in [-0.3, -0.25) is 9.69 Å². The molecule has 0 spiro atoms. The number of methoxy groups -OCH3 is 1. The molecule has 0 N–H and O–H groups in total. The van der Waals surface area contributed by atoms with E-state index < -0.39 is 10.0 Å². The molecule has 1 unspecified atom stereocenters. The van der Waals surface area contributed by atoms with Crippen LogP contribution in [0, 0.1) is 10.5 Å². The van der Waals surface area contributed by atoms with Gasteiger partial charge in [0.05, 0.1) is 18.6 Å². The second-order valence-electron chi connectivity index (χ2n) is 10.7. The first kappa shape index (κ1) is 31.0. The lowest BCUT2D eigenvalue weighted by Crippen LogP contribution is -2.35. The van der Waals surface area contributed by atoms with Crippen LogP contribution in [0.15, 0.2) is 41.3 Å². The maximum Gasteiger partial charge on any atom is 0.248 e. The summed E-state index contributed by atoms with van der Waals surface area (Å²) in [5.41, 5.74) is 2.92. The summed E-state index contributed by atoms with van der Waals surface area (Å²) in [5.74, 6) is 0.464. The van der Waals surface area contributed by atoms with Gasteiger partial charge >= 0.3 is 0 Å². The van der Waals surface area contributed by atoms with Gasteiger partial charge in [0.1, 0.15) is 12.4 Å². The molecule has 11 heteroatoms. The van der Waals surface area contributed by atoms with Crippen molar-refractivity contribution < 1.29 is 22.7 Å². The number of carbonyl (C=O) groups is 1. The Hall–Kier alpha value is -1.93. The number of ether oxygens (including phenoxy) is 2. The zero-order chi connectivity index (χ0) is 28.9. The third kappa shape index (κ3) is 7.47. The molecule has 0 aliphatic carbocycles.